The zero-order valence-corrected chi connectivity index (χ0v) is 15.3. The molecule has 1 N–H and O–H groups in total. The first-order valence-corrected chi connectivity index (χ1v) is 8.52. The molecule has 0 radical (unpaired) electrons. The lowest BCUT2D eigenvalue weighted by Gasteiger charge is -2.31. The highest BCUT2D eigenvalue weighted by atomic mass is 35.5. The van der Waals surface area contributed by atoms with Gasteiger partial charge in [0.1, 0.15) is 0 Å². The van der Waals surface area contributed by atoms with E-state index in [2.05, 4.69) is 10.3 Å². The van der Waals surface area contributed by atoms with Crippen LogP contribution in [-0.4, -0.2) is 23.2 Å². The van der Waals surface area contributed by atoms with Crippen molar-refractivity contribution in [2.75, 3.05) is 5.32 Å². The molecule has 1 amide bonds. The van der Waals surface area contributed by atoms with Gasteiger partial charge >= 0.3 is 18.0 Å². The van der Waals surface area contributed by atoms with E-state index < -0.39 is 40.4 Å². The number of pyridine rings is 1. The van der Waals surface area contributed by atoms with E-state index >= 15 is 0 Å². The Morgan fingerprint density at radius 3 is 2.10 bits per heavy atom. The third kappa shape index (κ3) is 3.55. The molecule has 3 rings (SSSR count). The number of carbonyl (C=O) groups excluding carboxylic acids is 1. The van der Waals surface area contributed by atoms with Crippen molar-refractivity contribution in [3.05, 3.63) is 70.9 Å². The number of amides is 1. The van der Waals surface area contributed by atoms with Crippen LogP contribution in [0.25, 0.3) is 10.9 Å². The molecule has 0 aliphatic heterocycles. The molecule has 0 unspecified atom stereocenters. The minimum absolute atomic E-state index is 0.0118. The molecule has 0 aliphatic rings. The van der Waals surface area contributed by atoms with Crippen LogP contribution in [0.4, 0.5) is 36.4 Å². The molecule has 0 spiro atoms. The normalized spacial score (nSPS) is 12.8. The van der Waals surface area contributed by atoms with Gasteiger partial charge in [0, 0.05) is 17.1 Å². The maximum atomic E-state index is 14.6. The number of aromatic nitrogens is 1. The fourth-order valence-electron chi connectivity index (χ4n) is 2.88. The summed E-state index contributed by atoms with van der Waals surface area (Å²) in [6.45, 7) is 0. The molecular weight excluding hydrogens is 441 g/mol. The summed E-state index contributed by atoms with van der Waals surface area (Å²) in [4.78, 5) is 16.2. The van der Waals surface area contributed by atoms with E-state index in [0.29, 0.717) is 6.07 Å². The molecule has 1 aromatic heterocycles. The second-order valence-electron chi connectivity index (χ2n) is 6.15. The number of benzene rings is 2. The van der Waals surface area contributed by atoms with Gasteiger partial charge in [0.2, 0.25) is 0 Å². The highest BCUT2D eigenvalue weighted by Gasteiger charge is 2.74. The van der Waals surface area contributed by atoms with Gasteiger partial charge in [-0.25, -0.2) is 4.39 Å². The molecule has 0 bridgehead atoms. The molecule has 0 aliphatic carbocycles. The summed E-state index contributed by atoms with van der Waals surface area (Å²) in [5.74, 6) is -0.779. The summed E-state index contributed by atoms with van der Waals surface area (Å²) in [7, 11) is 0. The van der Waals surface area contributed by atoms with E-state index in [0.717, 1.165) is 24.4 Å². The maximum Gasteiger partial charge on any atom is 0.435 e. The third-order valence-electron chi connectivity index (χ3n) is 4.29. The van der Waals surface area contributed by atoms with Gasteiger partial charge in [-0.2, -0.15) is 26.3 Å². The Balaban J connectivity index is 2.17. The van der Waals surface area contributed by atoms with Crippen LogP contribution in [0.5, 0.6) is 0 Å². The fraction of sp³-hybridized carbons (Fsp3) is 0.158. The van der Waals surface area contributed by atoms with Gasteiger partial charge in [-0.1, -0.05) is 35.9 Å². The highest BCUT2D eigenvalue weighted by molar-refractivity contribution is 6.34. The van der Waals surface area contributed by atoms with Gasteiger partial charge < -0.3 is 5.32 Å². The number of nitrogens with one attached hydrogen (secondary N) is 1. The number of hydrogen-bond acceptors (Lipinski definition) is 2. The van der Waals surface area contributed by atoms with E-state index in [1.54, 1.807) is 6.07 Å². The van der Waals surface area contributed by atoms with Crippen molar-refractivity contribution in [2.24, 2.45) is 0 Å². The third-order valence-corrected chi connectivity index (χ3v) is 4.62. The van der Waals surface area contributed by atoms with E-state index in [-0.39, 0.29) is 16.3 Å². The number of anilines is 1. The summed E-state index contributed by atoms with van der Waals surface area (Å²) in [5.41, 5.74) is -7.97. The Kier molecular flexibility index (Phi) is 5.40. The number of alkyl halides is 7. The van der Waals surface area contributed by atoms with E-state index in [4.69, 9.17) is 11.6 Å². The SMILES string of the molecule is O=C(Nc1ccc(C(F)(C(F)(F)F)C(F)(F)F)c2cccnc12)c1ccccc1Cl. The van der Waals surface area contributed by atoms with Crippen LogP contribution in [0, 0.1) is 0 Å². The van der Waals surface area contributed by atoms with Crippen molar-refractivity contribution >= 4 is 34.1 Å². The second kappa shape index (κ2) is 7.42. The Labute approximate surface area is 169 Å². The van der Waals surface area contributed by atoms with Gasteiger partial charge in [0.05, 0.1) is 21.8 Å². The Morgan fingerprint density at radius 2 is 1.50 bits per heavy atom. The largest absolute Gasteiger partial charge is 0.435 e. The number of nitrogens with zero attached hydrogens (tertiary/aromatic N) is 1. The number of carbonyl (C=O) groups is 1. The predicted octanol–water partition coefficient (Wildman–Crippen LogP) is 6.43. The summed E-state index contributed by atoms with van der Waals surface area (Å²) in [6.07, 6.45) is -11.5. The summed E-state index contributed by atoms with van der Waals surface area (Å²) >= 11 is 5.91. The number of fused-ring (bicyclic) bond motifs is 1. The maximum absolute atomic E-state index is 14.6. The average Bonchev–Trinajstić information content (AvgIpc) is 2.66. The monoisotopic (exact) mass is 450 g/mol. The van der Waals surface area contributed by atoms with Crippen molar-refractivity contribution in [1.29, 1.82) is 0 Å². The Morgan fingerprint density at radius 1 is 0.867 bits per heavy atom. The zero-order valence-electron chi connectivity index (χ0n) is 14.6. The molecule has 30 heavy (non-hydrogen) atoms. The van der Waals surface area contributed by atoms with Crippen molar-refractivity contribution in [2.45, 2.75) is 18.0 Å². The standard InChI is InChI=1S/C19H10ClF7N2O/c20-13-6-2-1-4-11(13)16(30)29-14-8-7-12(10-5-3-9-28-15(10)14)17(21,18(22,23)24)19(25,26)27/h1-9H,(H,29,30). The second-order valence-corrected chi connectivity index (χ2v) is 6.56. The highest BCUT2D eigenvalue weighted by Crippen LogP contribution is 2.54. The summed E-state index contributed by atoms with van der Waals surface area (Å²) in [5, 5.41) is 1.64. The Hall–Kier alpha value is -2.88. The molecule has 11 heteroatoms. The van der Waals surface area contributed by atoms with Crippen LogP contribution in [-0.2, 0) is 5.67 Å². The Bertz CT molecular complexity index is 1100. The van der Waals surface area contributed by atoms with Crippen LogP contribution < -0.4 is 5.32 Å². The lowest BCUT2D eigenvalue weighted by molar-refractivity contribution is -0.348. The van der Waals surface area contributed by atoms with Crippen molar-refractivity contribution in [1.82, 2.24) is 4.98 Å². The molecule has 0 fully saturated rings. The van der Waals surface area contributed by atoms with Crippen LogP contribution in [0.15, 0.2) is 54.7 Å². The number of hydrogen-bond donors (Lipinski definition) is 1. The van der Waals surface area contributed by atoms with Crippen molar-refractivity contribution < 1.29 is 35.5 Å². The van der Waals surface area contributed by atoms with E-state index in [1.165, 1.54) is 18.2 Å². The lowest BCUT2D eigenvalue weighted by atomic mass is 9.90. The van der Waals surface area contributed by atoms with Gasteiger partial charge in [-0.15, -0.1) is 0 Å². The van der Waals surface area contributed by atoms with E-state index in [1.807, 2.05) is 0 Å². The van der Waals surface area contributed by atoms with Gasteiger partial charge in [-0.05, 0) is 24.3 Å². The fourth-order valence-corrected chi connectivity index (χ4v) is 3.10. The lowest BCUT2D eigenvalue weighted by Crippen LogP contribution is -2.50. The molecule has 3 nitrogen and oxygen atoms in total. The average molecular weight is 451 g/mol. The quantitative estimate of drug-likeness (QED) is 0.467. The first-order chi connectivity index (χ1) is 13.9. The zero-order chi connectivity index (χ0) is 22.3. The van der Waals surface area contributed by atoms with Crippen molar-refractivity contribution in [3.8, 4) is 0 Å². The number of rotatable bonds is 3. The molecular formula is C19H10ClF7N2O. The van der Waals surface area contributed by atoms with Crippen LogP contribution in [0.1, 0.15) is 15.9 Å². The van der Waals surface area contributed by atoms with Gasteiger partial charge in [-0.3, -0.25) is 9.78 Å². The number of halogens is 8. The predicted molar refractivity (Wildman–Crippen MR) is 96.0 cm³/mol. The van der Waals surface area contributed by atoms with Gasteiger partial charge in [0.25, 0.3) is 5.91 Å². The smallest absolute Gasteiger partial charge is 0.320 e. The molecule has 158 valence electrons. The minimum atomic E-state index is -6.28. The summed E-state index contributed by atoms with van der Waals surface area (Å²) in [6, 6.07) is 8.80. The van der Waals surface area contributed by atoms with E-state index in [9.17, 15) is 35.5 Å². The first kappa shape index (κ1) is 21.8. The van der Waals surface area contributed by atoms with Crippen LogP contribution in [0.3, 0.4) is 0 Å². The minimum Gasteiger partial charge on any atom is -0.320 e. The molecule has 0 saturated heterocycles. The molecule has 3 aromatic rings. The van der Waals surface area contributed by atoms with Crippen LogP contribution in [0.2, 0.25) is 5.02 Å². The molecule has 2 aromatic carbocycles. The molecule has 0 saturated carbocycles. The molecule has 0 atom stereocenters. The van der Waals surface area contributed by atoms with Crippen LogP contribution >= 0.6 is 11.6 Å². The molecule has 1 heterocycles. The van der Waals surface area contributed by atoms with Gasteiger partial charge in [0.15, 0.2) is 0 Å². The van der Waals surface area contributed by atoms with Crippen molar-refractivity contribution in [3.63, 3.8) is 0 Å². The summed E-state index contributed by atoms with van der Waals surface area (Å²) < 4.78 is 93.7. The topological polar surface area (TPSA) is 42.0 Å². The first-order valence-electron chi connectivity index (χ1n) is 8.14.